The van der Waals surface area contributed by atoms with Crippen molar-refractivity contribution in [3.63, 3.8) is 0 Å². The maximum absolute atomic E-state index is 11.6. The van der Waals surface area contributed by atoms with Gasteiger partial charge in [0.1, 0.15) is 0 Å². The van der Waals surface area contributed by atoms with Crippen LogP contribution in [0, 0.1) is 0 Å². The highest BCUT2D eigenvalue weighted by Gasteiger charge is 2.02. The second-order valence-electron chi connectivity index (χ2n) is 4.53. The Kier molecular flexibility index (Phi) is 6.65. The molecule has 0 atom stereocenters. The van der Waals surface area contributed by atoms with E-state index < -0.39 is 0 Å². The van der Waals surface area contributed by atoms with Crippen molar-refractivity contribution in [2.75, 3.05) is 19.8 Å². The van der Waals surface area contributed by atoms with E-state index in [4.69, 9.17) is 16.3 Å². The van der Waals surface area contributed by atoms with Crippen molar-refractivity contribution in [1.82, 2.24) is 5.32 Å². The van der Waals surface area contributed by atoms with Crippen LogP contribution in [0.25, 0.3) is 16.5 Å². The molecule has 0 saturated carbocycles. The molecule has 0 unspecified atom stereocenters. The molecule has 0 aliphatic heterocycles. The lowest BCUT2D eigenvalue weighted by molar-refractivity contribution is -0.116. The zero-order valence-electron chi connectivity index (χ0n) is 12.3. The van der Waals surface area contributed by atoms with Crippen LogP contribution in [-0.2, 0) is 9.53 Å². The summed E-state index contributed by atoms with van der Waals surface area (Å²) in [6, 6.07) is 11.8. The van der Waals surface area contributed by atoms with Gasteiger partial charge in [0.05, 0.1) is 6.61 Å². The van der Waals surface area contributed by atoms with Gasteiger partial charge < -0.3 is 10.1 Å². The molecule has 0 aliphatic carbocycles. The maximum atomic E-state index is 11.6. The van der Waals surface area contributed by atoms with Gasteiger partial charge in [-0.15, -0.1) is 11.3 Å². The summed E-state index contributed by atoms with van der Waals surface area (Å²) in [6.07, 6.45) is 3.36. The average molecular weight is 336 g/mol. The van der Waals surface area contributed by atoms with Gasteiger partial charge in [0.25, 0.3) is 0 Å². The van der Waals surface area contributed by atoms with E-state index in [1.807, 2.05) is 49.4 Å². The topological polar surface area (TPSA) is 38.3 Å². The molecule has 0 bridgehead atoms. The lowest BCUT2D eigenvalue weighted by Crippen LogP contribution is -2.25. The SMILES string of the molecule is CCOCCNC(=O)C=Cc1ccc(-c2cccc(Cl)c2)s1. The minimum absolute atomic E-state index is 0.114. The molecule has 0 saturated heterocycles. The first kappa shape index (κ1) is 16.7. The van der Waals surface area contributed by atoms with E-state index in [0.29, 0.717) is 19.8 Å². The first-order valence-corrected chi connectivity index (χ1v) is 8.28. The third kappa shape index (κ3) is 5.30. The van der Waals surface area contributed by atoms with Crippen molar-refractivity contribution in [2.45, 2.75) is 6.92 Å². The minimum atomic E-state index is -0.114. The predicted octanol–water partition coefficient (Wildman–Crippen LogP) is 4.23. The van der Waals surface area contributed by atoms with E-state index in [1.165, 1.54) is 0 Å². The van der Waals surface area contributed by atoms with Gasteiger partial charge in [-0.3, -0.25) is 4.79 Å². The zero-order chi connectivity index (χ0) is 15.8. The molecule has 0 spiro atoms. The number of carbonyl (C=O) groups excluding carboxylic acids is 1. The molecule has 1 amide bonds. The number of rotatable bonds is 7. The van der Waals surface area contributed by atoms with E-state index in [0.717, 1.165) is 20.3 Å². The Morgan fingerprint density at radius 3 is 3.00 bits per heavy atom. The van der Waals surface area contributed by atoms with Gasteiger partial charge in [0, 0.05) is 34.0 Å². The van der Waals surface area contributed by atoms with Crippen LogP contribution in [0.1, 0.15) is 11.8 Å². The van der Waals surface area contributed by atoms with Crippen LogP contribution in [0.15, 0.2) is 42.5 Å². The smallest absolute Gasteiger partial charge is 0.244 e. The van der Waals surface area contributed by atoms with Crippen molar-refractivity contribution < 1.29 is 9.53 Å². The van der Waals surface area contributed by atoms with Crippen LogP contribution in [0.3, 0.4) is 0 Å². The quantitative estimate of drug-likeness (QED) is 0.607. The first-order valence-electron chi connectivity index (χ1n) is 7.08. The largest absolute Gasteiger partial charge is 0.380 e. The summed E-state index contributed by atoms with van der Waals surface area (Å²) in [5.74, 6) is -0.114. The van der Waals surface area contributed by atoms with E-state index in [1.54, 1.807) is 17.4 Å². The van der Waals surface area contributed by atoms with E-state index in [9.17, 15) is 4.79 Å². The van der Waals surface area contributed by atoms with Gasteiger partial charge in [0.2, 0.25) is 5.91 Å². The van der Waals surface area contributed by atoms with Crippen molar-refractivity contribution >= 4 is 34.9 Å². The highest BCUT2D eigenvalue weighted by atomic mass is 35.5. The van der Waals surface area contributed by atoms with Crippen molar-refractivity contribution in [1.29, 1.82) is 0 Å². The molecule has 1 aromatic carbocycles. The number of hydrogen-bond acceptors (Lipinski definition) is 3. The van der Waals surface area contributed by atoms with Crippen molar-refractivity contribution in [3.05, 3.63) is 52.4 Å². The second kappa shape index (κ2) is 8.73. The highest BCUT2D eigenvalue weighted by Crippen LogP contribution is 2.30. The number of benzene rings is 1. The van der Waals surface area contributed by atoms with E-state index >= 15 is 0 Å². The van der Waals surface area contributed by atoms with Crippen LogP contribution < -0.4 is 5.32 Å². The summed E-state index contributed by atoms with van der Waals surface area (Å²) < 4.78 is 5.16. The molecular formula is C17H18ClNO2S. The van der Waals surface area contributed by atoms with Crippen molar-refractivity contribution in [3.8, 4) is 10.4 Å². The molecule has 22 heavy (non-hydrogen) atoms. The average Bonchev–Trinajstić information content (AvgIpc) is 2.98. The fraction of sp³-hybridized carbons (Fsp3) is 0.235. The predicted molar refractivity (Wildman–Crippen MR) is 93.3 cm³/mol. The van der Waals surface area contributed by atoms with E-state index in [2.05, 4.69) is 5.32 Å². The van der Waals surface area contributed by atoms with Gasteiger partial charge in [-0.05, 0) is 42.8 Å². The summed E-state index contributed by atoms with van der Waals surface area (Å²) in [4.78, 5) is 13.8. The number of hydrogen-bond donors (Lipinski definition) is 1. The molecule has 1 aromatic heterocycles. The lowest BCUT2D eigenvalue weighted by Gasteiger charge is -2.01. The molecule has 0 fully saturated rings. The summed E-state index contributed by atoms with van der Waals surface area (Å²) in [5, 5.41) is 3.49. The highest BCUT2D eigenvalue weighted by molar-refractivity contribution is 7.16. The van der Waals surface area contributed by atoms with Crippen LogP contribution in [0.2, 0.25) is 5.02 Å². The summed E-state index contributed by atoms with van der Waals surface area (Å²) in [7, 11) is 0. The Hall–Kier alpha value is -1.62. The molecule has 5 heteroatoms. The van der Waals surface area contributed by atoms with Gasteiger partial charge in [-0.25, -0.2) is 0 Å². The number of nitrogens with one attached hydrogen (secondary N) is 1. The Balaban J connectivity index is 1.91. The Morgan fingerprint density at radius 2 is 2.23 bits per heavy atom. The standard InChI is InChI=1S/C17H18ClNO2S/c1-2-21-11-10-19-17(20)9-7-15-6-8-16(22-15)13-4-3-5-14(18)12-13/h3-9,12H,2,10-11H2,1H3,(H,19,20). The van der Waals surface area contributed by atoms with Gasteiger partial charge >= 0.3 is 0 Å². The van der Waals surface area contributed by atoms with Gasteiger partial charge in [0.15, 0.2) is 0 Å². The molecule has 3 nitrogen and oxygen atoms in total. The summed E-state index contributed by atoms with van der Waals surface area (Å²) in [6.45, 7) is 3.65. The van der Waals surface area contributed by atoms with Crippen molar-refractivity contribution in [2.24, 2.45) is 0 Å². The Labute approximate surface area is 139 Å². The molecule has 116 valence electrons. The monoisotopic (exact) mass is 335 g/mol. The molecule has 2 rings (SSSR count). The molecule has 0 radical (unpaired) electrons. The van der Waals surface area contributed by atoms with Crippen LogP contribution in [0.4, 0.5) is 0 Å². The fourth-order valence-electron chi connectivity index (χ4n) is 1.85. The molecule has 1 N–H and O–H groups in total. The molecule has 0 aliphatic rings. The number of thiophene rings is 1. The van der Waals surface area contributed by atoms with Crippen LogP contribution >= 0.6 is 22.9 Å². The van der Waals surface area contributed by atoms with Gasteiger partial charge in [-0.1, -0.05) is 23.7 Å². The van der Waals surface area contributed by atoms with E-state index in [-0.39, 0.29) is 5.91 Å². The Bertz CT molecular complexity index is 652. The molecule has 1 heterocycles. The van der Waals surface area contributed by atoms with Crippen LogP contribution in [0.5, 0.6) is 0 Å². The third-order valence-electron chi connectivity index (χ3n) is 2.88. The normalized spacial score (nSPS) is 11.0. The summed E-state index contributed by atoms with van der Waals surface area (Å²) >= 11 is 7.62. The molecular weight excluding hydrogens is 318 g/mol. The number of amides is 1. The number of carbonyl (C=O) groups is 1. The second-order valence-corrected chi connectivity index (χ2v) is 6.09. The minimum Gasteiger partial charge on any atom is -0.380 e. The zero-order valence-corrected chi connectivity index (χ0v) is 13.9. The summed E-state index contributed by atoms with van der Waals surface area (Å²) in [5.41, 5.74) is 1.08. The van der Waals surface area contributed by atoms with Gasteiger partial charge in [-0.2, -0.15) is 0 Å². The molecule has 2 aromatic rings. The van der Waals surface area contributed by atoms with Crippen LogP contribution in [-0.4, -0.2) is 25.7 Å². The fourth-order valence-corrected chi connectivity index (χ4v) is 2.94. The first-order chi connectivity index (χ1) is 10.7. The number of halogens is 1. The lowest BCUT2D eigenvalue weighted by atomic mass is 10.2. The number of ether oxygens (including phenoxy) is 1. The third-order valence-corrected chi connectivity index (χ3v) is 4.22. The Morgan fingerprint density at radius 1 is 1.36 bits per heavy atom. The maximum Gasteiger partial charge on any atom is 0.244 e.